The van der Waals surface area contributed by atoms with Crippen LogP contribution in [0.2, 0.25) is 0 Å². The van der Waals surface area contributed by atoms with Gasteiger partial charge in [0.05, 0.1) is 23.7 Å². The lowest BCUT2D eigenvalue weighted by molar-refractivity contribution is -0.354. The van der Waals surface area contributed by atoms with E-state index in [1.54, 1.807) is 0 Å². The van der Waals surface area contributed by atoms with Crippen LogP contribution in [0.3, 0.4) is 0 Å². The number of nitrogens with one attached hydrogen (secondary N) is 2. The van der Waals surface area contributed by atoms with Crippen molar-refractivity contribution in [2.24, 2.45) is 10.6 Å². The molecule has 0 bridgehead atoms. The predicted octanol–water partition coefficient (Wildman–Crippen LogP) is -0.880. The lowest BCUT2D eigenvalue weighted by Crippen LogP contribution is -2.76. The highest BCUT2D eigenvalue weighted by atomic mass is 35.5. The largest absolute Gasteiger partial charge is 0.387 e. The summed E-state index contributed by atoms with van der Waals surface area (Å²) in [6.07, 6.45) is -9.03. The van der Waals surface area contributed by atoms with E-state index in [0.717, 1.165) is 0 Å². The Morgan fingerprint density at radius 2 is 1.71 bits per heavy atom. The van der Waals surface area contributed by atoms with Gasteiger partial charge in [-0.25, -0.2) is 9.59 Å². The molecule has 18 heteroatoms. The van der Waals surface area contributed by atoms with Crippen LogP contribution in [0.1, 0.15) is 19.8 Å². The second kappa shape index (κ2) is 14.5. The van der Waals surface area contributed by atoms with Gasteiger partial charge in [-0.15, -0.1) is 33.0 Å². The molecule has 1 unspecified atom stereocenters. The van der Waals surface area contributed by atoms with Gasteiger partial charge < -0.3 is 40.5 Å². The molecule has 0 aromatic carbocycles. The number of aliphatic hydroxyl groups excluding tert-OH is 3. The monoisotopic (exact) mass is 534 g/mol. The lowest BCUT2D eigenvalue weighted by Gasteiger charge is -2.48. The number of rotatable bonds is 13. The highest BCUT2D eigenvalue weighted by Crippen LogP contribution is 2.31. The fourth-order valence-corrected chi connectivity index (χ4v) is 3.16. The molecule has 34 heavy (non-hydrogen) atoms. The van der Waals surface area contributed by atoms with E-state index in [2.05, 4.69) is 10.6 Å². The summed E-state index contributed by atoms with van der Waals surface area (Å²) in [6, 6.07) is -2.49. The number of urea groups is 2. The summed E-state index contributed by atoms with van der Waals surface area (Å²) in [5, 5.41) is 51.8. The lowest BCUT2D eigenvalue weighted by atomic mass is 9.92. The van der Waals surface area contributed by atoms with Gasteiger partial charge in [0.1, 0.15) is 18.3 Å². The summed E-state index contributed by atoms with van der Waals surface area (Å²) in [6.45, 7) is 1.14. The van der Waals surface area contributed by atoms with Gasteiger partial charge >= 0.3 is 12.1 Å². The zero-order valence-corrected chi connectivity index (χ0v) is 19.6. The van der Waals surface area contributed by atoms with E-state index in [9.17, 15) is 39.8 Å². The van der Waals surface area contributed by atoms with Gasteiger partial charge in [0.15, 0.2) is 6.23 Å². The van der Waals surface area contributed by atoms with E-state index in [0.29, 0.717) is 22.9 Å². The molecule has 1 aliphatic rings. The van der Waals surface area contributed by atoms with Gasteiger partial charge in [-0.2, -0.15) is 10.0 Å². The highest BCUT2D eigenvalue weighted by molar-refractivity contribution is 6.18. The number of amides is 4. The number of unbranched alkanes of at least 4 members (excludes halogenated alkanes) is 1. The van der Waals surface area contributed by atoms with Gasteiger partial charge in [-0.05, 0) is 6.42 Å². The topological polar surface area (TPSA) is 223 Å². The molecule has 6 N–H and O–H groups in total. The van der Waals surface area contributed by atoms with Crippen LogP contribution >= 0.6 is 23.2 Å². The molecule has 0 aromatic rings. The molecule has 6 atom stereocenters. The van der Waals surface area contributed by atoms with Crippen molar-refractivity contribution < 1.29 is 39.5 Å². The van der Waals surface area contributed by atoms with Gasteiger partial charge in [0.25, 0.3) is 0 Å². The zero-order chi connectivity index (χ0) is 25.9. The Morgan fingerprint density at radius 3 is 2.21 bits per heavy atom. The molecule has 1 rings (SSSR count). The van der Waals surface area contributed by atoms with Crippen LogP contribution in [0.25, 0.3) is 0 Å². The number of carbonyl (C=O) groups excluding carboxylic acids is 2. The van der Waals surface area contributed by atoms with E-state index < -0.39 is 48.6 Å². The van der Waals surface area contributed by atoms with E-state index >= 15 is 0 Å². The van der Waals surface area contributed by atoms with Crippen molar-refractivity contribution in [3.63, 3.8) is 0 Å². The Morgan fingerprint density at radius 1 is 1.15 bits per heavy atom. The molecule has 1 aliphatic heterocycles. The van der Waals surface area contributed by atoms with Gasteiger partial charge in [0, 0.05) is 18.4 Å². The van der Waals surface area contributed by atoms with Crippen molar-refractivity contribution >= 4 is 35.3 Å². The normalized spacial score (nSPS) is 27.4. The Kier molecular flexibility index (Phi) is 12.8. The van der Waals surface area contributed by atoms with Crippen molar-refractivity contribution in [1.82, 2.24) is 20.7 Å². The van der Waals surface area contributed by atoms with Crippen molar-refractivity contribution in [2.45, 2.75) is 56.3 Å². The number of nitrogens with zero attached hydrogens (tertiary/aromatic N) is 4. The minimum atomic E-state index is -2.82. The minimum absolute atomic E-state index is 0.0484. The molecule has 0 aromatic heterocycles. The smallest absolute Gasteiger partial charge is 0.342 e. The summed E-state index contributed by atoms with van der Waals surface area (Å²) in [5.41, 5.74) is -2.82. The fraction of sp³-hybridized carbons (Fsp3) is 0.875. The molecule has 1 fully saturated rings. The standard InChI is InChI=1S/C16H28Cl2N6O10/c1-2-3-8-33-13-16(30,20-15(29)24(22-32)7-5-18)11(26)9(25)10(34-13)12(27)19-14(28)23(21-31)6-4-17/h9-13,25-27,30H,2-8H2,1H3,(H,19,28)(H,20,29)/t9-,10+,11+,12?,13-,16-/m1/s1. The average Bonchev–Trinajstić information content (AvgIpc) is 2.80. The molecule has 0 saturated carbocycles. The number of carbonyl (C=O) groups is 2. The predicted molar refractivity (Wildman–Crippen MR) is 116 cm³/mol. The summed E-state index contributed by atoms with van der Waals surface area (Å²) in [7, 11) is 0. The third kappa shape index (κ3) is 7.54. The first-order valence-electron chi connectivity index (χ1n) is 10.1. The summed E-state index contributed by atoms with van der Waals surface area (Å²) in [4.78, 5) is 46.0. The van der Waals surface area contributed by atoms with Crippen LogP contribution < -0.4 is 10.6 Å². The number of ether oxygens (including phenoxy) is 2. The maximum absolute atomic E-state index is 12.3. The molecule has 0 aliphatic carbocycles. The minimum Gasteiger partial charge on any atom is -0.387 e. The Hall–Kier alpha value is -1.92. The highest BCUT2D eigenvalue weighted by Gasteiger charge is 2.58. The summed E-state index contributed by atoms with van der Waals surface area (Å²) < 4.78 is 10.8. The van der Waals surface area contributed by atoms with E-state index in [1.807, 2.05) is 17.6 Å². The van der Waals surface area contributed by atoms with Crippen molar-refractivity contribution in [1.29, 1.82) is 0 Å². The Bertz CT molecular complexity index is 695. The SMILES string of the molecule is CCCCO[C@@H]1O[C@H](C(O)NC(=O)N(CCCl)N=O)[C@@H](O)[C@H](O)[C@]1(O)NC(=O)N(CCCl)N=O. The van der Waals surface area contributed by atoms with E-state index in [1.165, 1.54) is 0 Å². The van der Waals surface area contributed by atoms with Crippen molar-refractivity contribution in [3.05, 3.63) is 9.81 Å². The number of aliphatic hydroxyl groups is 4. The fourth-order valence-electron chi connectivity index (χ4n) is 2.84. The van der Waals surface area contributed by atoms with E-state index in [4.69, 9.17) is 32.7 Å². The Balaban J connectivity index is 3.12. The zero-order valence-electron chi connectivity index (χ0n) is 18.1. The number of nitroso groups, excluding NO2 is 2. The van der Waals surface area contributed by atoms with Gasteiger partial charge in [-0.3, -0.25) is 0 Å². The number of hydrogen-bond acceptors (Lipinski definition) is 12. The maximum atomic E-state index is 12.3. The van der Waals surface area contributed by atoms with Gasteiger partial charge in [-0.1, -0.05) is 13.3 Å². The van der Waals surface area contributed by atoms with Crippen LogP contribution in [-0.4, -0.2) is 111 Å². The molecule has 1 heterocycles. The van der Waals surface area contributed by atoms with Crippen molar-refractivity contribution in [2.75, 3.05) is 31.5 Å². The molecular weight excluding hydrogens is 507 g/mol. The van der Waals surface area contributed by atoms with E-state index in [-0.39, 0.29) is 31.5 Å². The third-order valence-corrected chi connectivity index (χ3v) is 5.00. The summed E-state index contributed by atoms with van der Waals surface area (Å²) >= 11 is 10.9. The van der Waals surface area contributed by atoms with Crippen LogP contribution in [0, 0.1) is 9.81 Å². The number of halogens is 2. The molecule has 0 radical (unpaired) electrons. The van der Waals surface area contributed by atoms with Crippen LogP contribution in [0.5, 0.6) is 0 Å². The first kappa shape index (κ1) is 30.1. The molecule has 196 valence electrons. The Labute approximate surface area is 203 Å². The number of alkyl halides is 2. The van der Waals surface area contributed by atoms with Crippen molar-refractivity contribution in [3.8, 4) is 0 Å². The van der Waals surface area contributed by atoms with Crippen LogP contribution in [0.4, 0.5) is 9.59 Å². The molecular formula is C16H28Cl2N6O10. The van der Waals surface area contributed by atoms with Crippen LogP contribution in [0.15, 0.2) is 10.6 Å². The average molecular weight is 535 g/mol. The molecule has 1 saturated heterocycles. The summed E-state index contributed by atoms with van der Waals surface area (Å²) in [5.74, 6) is -0.326. The van der Waals surface area contributed by atoms with Crippen LogP contribution in [-0.2, 0) is 9.47 Å². The first-order valence-corrected chi connectivity index (χ1v) is 11.2. The third-order valence-electron chi connectivity index (χ3n) is 4.67. The quantitative estimate of drug-likeness (QED) is 0.0562. The van der Waals surface area contributed by atoms with Gasteiger partial charge in [0.2, 0.25) is 12.0 Å². The molecule has 16 nitrogen and oxygen atoms in total. The molecule has 0 spiro atoms. The second-order valence-electron chi connectivity index (χ2n) is 7.03. The molecule has 4 amide bonds. The maximum Gasteiger partial charge on any atom is 0.342 e. The second-order valence-corrected chi connectivity index (χ2v) is 7.79. The number of hydrogen-bond donors (Lipinski definition) is 6. The first-order chi connectivity index (χ1) is 16.1.